The monoisotopic (exact) mass is 261 g/mol. The lowest BCUT2D eigenvalue weighted by atomic mass is 10.0. The fraction of sp³-hybridized carbons (Fsp3) is 0.643. The molecule has 0 spiro atoms. The number of hydrogen-bond acceptors (Lipinski definition) is 1. The molecule has 0 aliphatic heterocycles. The fourth-order valence-corrected chi connectivity index (χ4v) is 1.26. The first-order valence-electron chi connectivity index (χ1n) is 6.10. The Kier molecular flexibility index (Phi) is 6.36. The van der Waals surface area contributed by atoms with Crippen LogP contribution in [0, 0.1) is 12.8 Å². The molecule has 1 heterocycles. The number of hydrogen-bond donors (Lipinski definition) is 0. The highest BCUT2D eigenvalue weighted by molar-refractivity contribution is 5.27. The Bertz CT molecular complexity index is 365. The Morgan fingerprint density at radius 3 is 1.78 bits per heavy atom. The molecule has 0 N–H and O–H groups in total. The van der Waals surface area contributed by atoms with Gasteiger partial charge in [0.1, 0.15) is 5.69 Å². The summed E-state index contributed by atoms with van der Waals surface area (Å²) in [7, 11) is 0. The van der Waals surface area contributed by atoms with E-state index in [1.807, 2.05) is 0 Å². The van der Waals surface area contributed by atoms with Crippen LogP contribution in [0.2, 0.25) is 0 Å². The molecule has 1 nitrogen and oxygen atoms in total. The molecule has 0 saturated carbocycles. The van der Waals surface area contributed by atoms with Crippen LogP contribution >= 0.6 is 0 Å². The van der Waals surface area contributed by atoms with E-state index >= 15 is 0 Å². The average Bonchev–Trinajstić information content (AvgIpc) is 2.14. The minimum absolute atomic E-state index is 0.167. The van der Waals surface area contributed by atoms with E-state index in [9.17, 15) is 13.2 Å². The highest BCUT2D eigenvalue weighted by Gasteiger charge is 2.35. The van der Waals surface area contributed by atoms with Gasteiger partial charge < -0.3 is 0 Å². The van der Waals surface area contributed by atoms with E-state index in [4.69, 9.17) is 0 Å². The third kappa shape index (κ3) is 6.03. The molecular formula is C14H22F3N. The van der Waals surface area contributed by atoms with Crippen molar-refractivity contribution in [1.82, 2.24) is 4.98 Å². The molecule has 0 unspecified atom stereocenters. The lowest BCUT2D eigenvalue weighted by molar-refractivity contribution is -0.142. The van der Waals surface area contributed by atoms with Gasteiger partial charge in [-0.3, -0.25) is 0 Å². The summed E-state index contributed by atoms with van der Waals surface area (Å²) in [4.78, 5) is 3.54. The van der Waals surface area contributed by atoms with Crippen LogP contribution in [-0.2, 0) is 6.18 Å². The summed E-state index contributed by atoms with van der Waals surface area (Å²) >= 11 is 0. The van der Waals surface area contributed by atoms with Crippen LogP contribution in [0.25, 0.3) is 0 Å². The second-order valence-corrected chi connectivity index (χ2v) is 5.27. The Morgan fingerprint density at radius 2 is 1.44 bits per heavy atom. The highest BCUT2D eigenvalue weighted by atomic mass is 19.4. The van der Waals surface area contributed by atoms with Gasteiger partial charge in [-0.05, 0) is 30.4 Å². The molecule has 18 heavy (non-hydrogen) atoms. The molecular weight excluding hydrogens is 239 g/mol. The van der Waals surface area contributed by atoms with Gasteiger partial charge in [0, 0.05) is 5.69 Å². The molecule has 0 fully saturated rings. The number of aromatic nitrogens is 1. The van der Waals surface area contributed by atoms with Gasteiger partial charge in [-0.15, -0.1) is 0 Å². The zero-order chi connectivity index (χ0) is 14.5. The number of halogens is 3. The summed E-state index contributed by atoms with van der Waals surface area (Å²) in [5.41, 5.74) is -0.114. The summed E-state index contributed by atoms with van der Waals surface area (Å²) < 4.78 is 37.6. The topological polar surface area (TPSA) is 12.9 Å². The predicted molar refractivity (Wildman–Crippen MR) is 68.6 cm³/mol. The van der Waals surface area contributed by atoms with Gasteiger partial charge in [-0.2, -0.15) is 13.2 Å². The van der Waals surface area contributed by atoms with Gasteiger partial charge in [0.15, 0.2) is 0 Å². The van der Waals surface area contributed by atoms with Gasteiger partial charge in [0.05, 0.1) is 0 Å². The third-order valence-corrected chi connectivity index (χ3v) is 1.96. The molecule has 104 valence electrons. The number of rotatable bonds is 1. The van der Waals surface area contributed by atoms with Gasteiger partial charge >= 0.3 is 6.18 Å². The van der Waals surface area contributed by atoms with Crippen LogP contribution < -0.4 is 0 Å². The second kappa shape index (κ2) is 6.76. The molecule has 1 aromatic heterocycles. The van der Waals surface area contributed by atoms with Crippen molar-refractivity contribution in [3.05, 3.63) is 29.1 Å². The molecule has 0 aromatic carbocycles. The second-order valence-electron chi connectivity index (χ2n) is 5.27. The summed E-state index contributed by atoms with van der Waals surface area (Å²) in [6.07, 6.45) is -4.36. The Hall–Kier alpha value is -1.06. The lowest BCUT2D eigenvalue weighted by Crippen LogP contribution is -2.13. The Labute approximate surface area is 107 Å². The SMILES string of the molecule is CC(C)C.Cc1ccc(C(C)C)c(C(F)(F)F)n1. The molecule has 0 amide bonds. The maximum atomic E-state index is 12.5. The van der Waals surface area contributed by atoms with Crippen molar-refractivity contribution in [2.45, 2.75) is 53.6 Å². The van der Waals surface area contributed by atoms with E-state index in [-0.39, 0.29) is 11.5 Å². The van der Waals surface area contributed by atoms with Crippen LogP contribution in [-0.4, -0.2) is 4.98 Å². The largest absolute Gasteiger partial charge is 0.433 e. The molecule has 4 heteroatoms. The van der Waals surface area contributed by atoms with E-state index in [0.29, 0.717) is 5.69 Å². The van der Waals surface area contributed by atoms with Gasteiger partial charge in [-0.1, -0.05) is 40.7 Å². The van der Waals surface area contributed by atoms with Crippen molar-refractivity contribution in [2.75, 3.05) is 0 Å². The highest BCUT2D eigenvalue weighted by Crippen LogP contribution is 2.33. The van der Waals surface area contributed by atoms with Gasteiger partial charge in [-0.25, -0.2) is 4.98 Å². The summed E-state index contributed by atoms with van der Waals surface area (Å²) in [5.74, 6) is 0.666. The van der Waals surface area contributed by atoms with Crippen LogP contribution in [0.1, 0.15) is 57.5 Å². The number of pyridine rings is 1. The van der Waals surface area contributed by atoms with E-state index in [2.05, 4.69) is 25.8 Å². The minimum atomic E-state index is -4.36. The average molecular weight is 261 g/mol. The van der Waals surface area contributed by atoms with Crippen molar-refractivity contribution < 1.29 is 13.2 Å². The first-order valence-corrected chi connectivity index (χ1v) is 6.10. The van der Waals surface area contributed by atoms with Gasteiger partial charge in [0.2, 0.25) is 0 Å². The van der Waals surface area contributed by atoms with Gasteiger partial charge in [0.25, 0.3) is 0 Å². The number of aryl methyl sites for hydroxylation is 1. The smallest absolute Gasteiger partial charge is 0.248 e. The Balaban J connectivity index is 0.000000631. The van der Waals surface area contributed by atoms with Crippen LogP contribution in [0.15, 0.2) is 12.1 Å². The van der Waals surface area contributed by atoms with Crippen molar-refractivity contribution in [2.24, 2.45) is 5.92 Å². The number of alkyl halides is 3. The van der Waals surface area contributed by atoms with Crippen LogP contribution in [0.3, 0.4) is 0 Å². The molecule has 0 radical (unpaired) electrons. The molecule has 0 aliphatic carbocycles. The quantitative estimate of drug-likeness (QED) is 0.677. The molecule has 1 aromatic rings. The molecule has 0 saturated heterocycles. The summed E-state index contributed by atoms with van der Waals surface area (Å²) in [5, 5.41) is 0. The standard InChI is InChI=1S/C10H12F3N.C4H10/c1-6(2)8-5-4-7(3)14-9(8)10(11,12)13;1-4(2)3/h4-6H,1-3H3;4H,1-3H3. The van der Waals surface area contributed by atoms with Crippen molar-refractivity contribution in [3.63, 3.8) is 0 Å². The van der Waals surface area contributed by atoms with Crippen molar-refractivity contribution >= 4 is 0 Å². The van der Waals surface area contributed by atoms with Crippen LogP contribution in [0.5, 0.6) is 0 Å². The lowest BCUT2D eigenvalue weighted by Gasteiger charge is -2.14. The summed E-state index contributed by atoms with van der Waals surface area (Å²) in [6.45, 7) is 11.5. The zero-order valence-electron chi connectivity index (χ0n) is 11.9. The van der Waals surface area contributed by atoms with Crippen LogP contribution in [0.4, 0.5) is 13.2 Å². The molecule has 1 rings (SSSR count). The van der Waals surface area contributed by atoms with E-state index < -0.39 is 11.9 Å². The van der Waals surface area contributed by atoms with E-state index in [1.165, 1.54) is 6.07 Å². The zero-order valence-corrected chi connectivity index (χ0v) is 11.9. The fourth-order valence-electron chi connectivity index (χ4n) is 1.26. The Morgan fingerprint density at radius 1 is 1.00 bits per heavy atom. The molecule has 0 atom stereocenters. The maximum absolute atomic E-state index is 12.5. The van der Waals surface area contributed by atoms with Crippen molar-refractivity contribution in [3.8, 4) is 0 Å². The summed E-state index contributed by atoms with van der Waals surface area (Å²) in [6, 6.07) is 3.10. The maximum Gasteiger partial charge on any atom is 0.433 e. The first-order chi connectivity index (χ1) is 8.05. The number of nitrogens with zero attached hydrogens (tertiary/aromatic N) is 1. The molecule has 0 bridgehead atoms. The first kappa shape index (κ1) is 16.9. The van der Waals surface area contributed by atoms with Crippen molar-refractivity contribution in [1.29, 1.82) is 0 Å². The normalized spacial score (nSPS) is 11.5. The third-order valence-electron chi connectivity index (χ3n) is 1.96. The molecule has 0 aliphatic rings. The van der Waals surface area contributed by atoms with E-state index in [1.54, 1.807) is 26.8 Å². The van der Waals surface area contributed by atoms with E-state index in [0.717, 1.165) is 5.92 Å². The minimum Gasteiger partial charge on any atom is -0.248 e. The predicted octanol–water partition coefficient (Wildman–Crippen LogP) is 5.19.